The van der Waals surface area contributed by atoms with Crippen molar-refractivity contribution in [3.05, 3.63) is 35.5 Å². The number of halogens is 2. The molecule has 1 saturated heterocycles. The molecule has 0 atom stereocenters. The predicted octanol–water partition coefficient (Wildman–Crippen LogP) is 8.40. The molecule has 1 aromatic carbocycles. The van der Waals surface area contributed by atoms with Gasteiger partial charge in [-0.25, -0.2) is 8.78 Å². The highest BCUT2D eigenvalue weighted by Gasteiger charge is 2.23. The lowest BCUT2D eigenvalue weighted by molar-refractivity contribution is 0.0680. The number of hydrogen-bond donors (Lipinski definition) is 2. The molecule has 0 amide bonds. The summed E-state index contributed by atoms with van der Waals surface area (Å²) in [7, 11) is 0. The zero-order valence-electron chi connectivity index (χ0n) is 22.7. The Morgan fingerprint density at radius 1 is 0.973 bits per heavy atom. The lowest BCUT2D eigenvalue weighted by Gasteiger charge is -2.25. The number of nitrogens with one attached hydrogen (secondary N) is 2. The van der Waals surface area contributed by atoms with Crippen LogP contribution in [0, 0.1) is 18.8 Å². The molecule has 4 nitrogen and oxygen atoms in total. The van der Waals surface area contributed by atoms with Gasteiger partial charge in [-0.1, -0.05) is 25.3 Å². The minimum absolute atomic E-state index is 0.0918. The molecule has 2 aliphatic rings. The fourth-order valence-electron chi connectivity index (χ4n) is 5.19. The van der Waals surface area contributed by atoms with Crippen LogP contribution >= 0.6 is 23.9 Å². The average molecular weight is 552 g/mol. The predicted molar refractivity (Wildman–Crippen MR) is 152 cm³/mol. The number of hydrogen-bond acceptors (Lipinski definition) is 5. The summed E-state index contributed by atoms with van der Waals surface area (Å²) in [6, 6.07) is 7.76. The molecule has 2 heterocycles. The third-order valence-electron chi connectivity index (χ3n) is 7.39. The SMILES string of the molecule is Cc1c(SNCC2CCOCC2)cc(-c2ccc(SNC(C)(C)C)c(C(F)F)c2)n1CC1CCCCC1. The Morgan fingerprint density at radius 2 is 1.70 bits per heavy atom. The van der Waals surface area contributed by atoms with Crippen LogP contribution in [0.4, 0.5) is 8.78 Å². The summed E-state index contributed by atoms with van der Waals surface area (Å²) in [5, 5.41) is 0. The van der Waals surface area contributed by atoms with Crippen molar-refractivity contribution < 1.29 is 13.5 Å². The summed E-state index contributed by atoms with van der Waals surface area (Å²) in [5.74, 6) is 1.29. The molecule has 0 spiro atoms. The van der Waals surface area contributed by atoms with E-state index in [0.29, 0.717) is 16.7 Å². The fourth-order valence-corrected chi connectivity index (χ4v) is 6.91. The standard InChI is InChI=1S/C29H43F2N3OS2/c1-20-27(36-32-18-21-12-14-35-15-13-21)17-25(34(20)19-22-8-6-5-7-9-22)23-10-11-26(24(16-23)28(30)31)37-33-29(2,3)4/h10-11,16-17,21-22,28,32-33H,5-9,12-15,18-19H2,1-4H3. The Labute approximate surface area is 230 Å². The van der Waals surface area contributed by atoms with E-state index >= 15 is 0 Å². The van der Waals surface area contributed by atoms with Crippen molar-refractivity contribution in [3.8, 4) is 11.3 Å². The largest absolute Gasteiger partial charge is 0.381 e. The van der Waals surface area contributed by atoms with E-state index in [4.69, 9.17) is 4.74 Å². The molecule has 2 N–H and O–H groups in total. The number of benzene rings is 1. The highest BCUT2D eigenvalue weighted by Crippen LogP contribution is 2.38. The first kappa shape index (κ1) is 28.9. The molecule has 4 rings (SSSR count). The van der Waals surface area contributed by atoms with E-state index in [-0.39, 0.29) is 11.1 Å². The quantitative estimate of drug-likeness (QED) is 0.290. The Bertz CT molecular complexity index is 1010. The van der Waals surface area contributed by atoms with Gasteiger partial charge in [0.15, 0.2) is 0 Å². The Kier molecular flexibility index (Phi) is 10.4. The molecule has 1 saturated carbocycles. The van der Waals surface area contributed by atoms with Crippen LogP contribution in [0.5, 0.6) is 0 Å². The Hall–Kier alpha value is -1.06. The second kappa shape index (κ2) is 13.3. The van der Waals surface area contributed by atoms with Gasteiger partial charge in [-0.15, -0.1) is 0 Å². The van der Waals surface area contributed by atoms with Gasteiger partial charge in [0.05, 0.1) is 0 Å². The number of ether oxygens (including phenoxy) is 1. The maximum atomic E-state index is 14.2. The van der Waals surface area contributed by atoms with Crippen molar-refractivity contribution in [1.29, 1.82) is 0 Å². The first-order valence-electron chi connectivity index (χ1n) is 13.8. The van der Waals surface area contributed by atoms with E-state index in [1.807, 2.05) is 32.9 Å². The molecule has 0 radical (unpaired) electrons. The van der Waals surface area contributed by atoms with Gasteiger partial charge in [0.25, 0.3) is 6.43 Å². The van der Waals surface area contributed by atoms with Crippen LogP contribution in [0.15, 0.2) is 34.1 Å². The van der Waals surface area contributed by atoms with Gasteiger partial charge in [-0.3, -0.25) is 9.44 Å². The molecule has 0 bridgehead atoms. The van der Waals surface area contributed by atoms with Crippen molar-refractivity contribution in [2.24, 2.45) is 11.8 Å². The van der Waals surface area contributed by atoms with Gasteiger partial charge in [-0.2, -0.15) is 0 Å². The highest BCUT2D eigenvalue weighted by molar-refractivity contribution is 7.97. The fraction of sp³-hybridized carbons (Fsp3) is 0.655. The van der Waals surface area contributed by atoms with Crippen molar-refractivity contribution in [1.82, 2.24) is 14.0 Å². The number of rotatable bonds is 10. The van der Waals surface area contributed by atoms with Crippen LogP contribution in [0.3, 0.4) is 0 Å². The molecule has 0 unspecified atom stereocenters. The summed E-state index contributed by atoms with van der Waals surface area (Å²) < 4.78 is 43.1. The van der Waals surface area contributed by atoms with Crippen LogP contribution in [0.25, 0.3) is 11.3 Å². The first-order chi connectivity index (χ1) is 17.7. The van der Waals surface area contributed by atoms with E-state index < -0.39 is 6.43 Å². The zero-order chi connectivity index (χ0) is 26.4. The molecule has 1 aromatic heterocycles. The van der Waals surface area contributed by atoms with Crippen molar-refractivity contribution in [2.75, 3.05) is 19.8 Å². The van der Waals surface area contributed by atoms with Gasteiger partial charge in [0.1, 0.15) is 0 Å². The summed E-state index contributed by atoms with van der Waals surface area (Å²) in [5.41, 5.74) is 3.05. The van der Waals surface area contributed by atoms with E-state index in [1.165, 1.54) is 54.6 Å². The van der Waals surface area contributed by atoms with Gasteiger partial charge in [0.2, 0.25) is 0 Å². The van der Waals surface area contributed by atoms with Gasteiger partial charge in [-0.05, 0) is 113 Å². The topological polar surface area (TPSA) is 38.2 Å². The molecule has 206 valence electrons. The Morgan fingerprint density at radius 3 is 2.38 bits per heavy atom. The minimum atomic E-state index is -2.53. The smallest absolute Gasteiger partial charge is 0.264 e. The summed E-state index contributed by atoms with van der Waals surface area (Å²) in [4.78, 5) is 1.77. The third-order valence-corrected chi connectivity index (χ3v) is 9.64. The monoisotopic (exact) mass is 551 g/mol. The normalized spacial score (nSPS) is 18.1. The number of nitrogens with zero attached hydrogens (tertiary/aromatic N) is 1. The highest BCUT2D eigenvalue weighted by atomic mass is 32.2. The summed E-state index contributed by atoms with van der Waals surface area (Å²) in [6.45, 7) is 11.9. The van der Waals surface area contributed by atoms with Crippen molar-refractivity contribution in [2.45, 2.75) is 101 Å². The minimum Gasteiger partial charge on any atom is -0.381 e. The maximum absolute atomic E-state index is 14.2. The van der Waals surface area contributed by atoms with Crippen molar-refractivity contribution in [3.63, 3.8) is 0 Å². The lowest BCUT2D eigenvalue weighted by Crippen LogP contribution is -2.29. The van der Waals surface area contributed by atoms with Gasteiger partial charge < -0.3 is 9.30 Å². The molecule has 2 fully saturated rings. The van der Waals surface area contributed by atoms with Crippen LogP contribution in [-0.2, 0) is 11.3 Å². The molecule has 2 aromatic rings. The molecule has 8 heteroatoms. The second-order valence-electron chi connectivity index (χ2n) is 11.6. The maximum Gasteiger partial charge on any atom is 0.264 e. The molecule has 1 aliphatic heterocycles. The zero-order valence-corrected chi connectivity index (χ0v) is 24.4. The van der Waals surface area contributed by atoms with E-state index in [9.17, 15) is 8.78 Å². The summed E-state index contributed by atoms with van der Waals surface area (Å²) >= 11 is 2.97. The second-order valence-corrected chi connectivity index (χ2v) is 13.4. The molecular weight excluding hydrogens is 508 g/mol. The van der Waals surface area contributed by atoms with Crippen LogP contribution in [0.1, 0.15) is 83.4 Å². The molecule has 1 aliphatic carbocycles. The summed E-state index contributed by atoms with van der Waals surface area (Å²) in [6.07, 6.45) is 6.08. The van der Waals surface area contributed by atoms with Crippen LogP contribution < -0.4 is 9.44 Å². The average Bonchev–Trinajstić information content (AvgIpc) is 3.18. The Balaban J connectivity index is 1.59. The number of aromatic nitrogens is 1. The lowest BCUT2D eigenvalue weighted by atomic mass is 9.89. The number of alkyl halides is 2. The van der Waals surface area contributed by atoms with Crippen molar-refractivity contribution >= 4 is 23.9 Å². The van der Waals surface area contributed by atoms with Crippen LogP contribution in [-0.4, -0.2) is 29.9 Å². The molecular formula is C29H43F2N3OS2. The van der Waals surface area contributed by atoms with E-state index in [0.717, 1.165) is 50.4 Å². The van der Waals surface area contributed by atoms with Gasteiger partial charge >= 0.3 is 0 Å². The third kappa shape index (κ3) is 8.21. The molecule has 37 heavy (non-hydrogen) atoms. The van der Waals surface area contributed by atoms with Crippen LogP contribution in [0.2, 0.25) is 0 Å². The first-order valence-corrected chi connectivity index (χ1v) is 15.4. The van der Waals surface area contributed by atoms with E-state index in [2.05, 4.69) is 27.0 Å². The van der Waals surface area contributed by atoms with E-state index in [1.54, 1.807) is 18.0 Å². The van der Waals surface area contributed by atoms with Gasteiger partial charge in [0, 0.05) is 58.6 Å².